The summed E-state index contributed by atoms with van der Waals surface area (Å²) >= 11 is 5.95. The number of benzene rings is 2. The van der Waals surface area contributed by atoms with Crippen molar-refractivity contribution in [3.8, 4) is 0 Å². The van der Waals surface area contributed by atoms with Gasteiger partial charge in [-0.15, -0.1) is 0 Å². The molecule has 0 radical (unpaired) electrons. The number of halogens is 1. The van der Waals surface area contributed by atoms with Gasteiger partial charge in [-0.25, -0.2) is 0 Å². The highest BCUT2D eigenvalue weighted by molar-refractivity contribution is 6.34. The van der Waals surface area contributed by atoms with E-state index in [0.717, 1.165) is 5.56 Å². The fraction of sp³-hybridized carbons (Fsp3) is 0.188. The Kier molecular flexibility index (Phi) is 4.78. The molecule has 0 spiro atoms. The summed E-state index contributed by atoms with van der Waals surface area (Å²) in [6.45, 7) is 4.15. The fourth-order valence-corrected chi connectivity index (χ4v) is 2.15. The predicted molar refractivity (Wildman–Crippen MR) is 86.6 cm³/mol. The third kappa shape index (κ3) is 3.62. The zero-order chi connectivity index (χ0) is 16.3. The third-order valence-corrected chi connectivity index (χ3v) is 3.56. The Morgan fingerprint density at radius 2 is 1.82 bits per heavy atom. The van der Waals surface area contributed by atoms with Gasteiger partial charge in [0.15, 0.2) is 0 Å². The van der Waals surface area contributed by atoms with Crippen LogP contribution in [0.15, 0.2) is 42.5 Å². The van der Waals surface area contributed by atoms with Gasteiger partial charge in [0.2, 0.25) is 0 Å². The first-order valence-electron chi connectivity index (χ1n) is 6.73. The summed E-state index contributed by atoms with van der Waals surface area (Å²) in [5.74, 6) is 0.0762. The summed E-state index contributed by atoms with van der Waals surface area (Å²) in [7, 11) is 0. The van der Waals surface area contributed by atoms with Crippen molar-refractivity contribution in [2.75, 3.05) is 5.32 Å². The summed E-state index contributed by atoms with van der Waals surface area (Å²) in [5.41, 5.74) is 1.86. The van der Waals surface area contributed by atoms with Gasteiger partial charge in [-0.1, -0.05) is 37.6 Å². The number of hydrogen-bond acceptors (Lipinski definition) is 3. The molecule has 0 heterocycles. The average molecular weight is 319 g/mol. The molecule has 0 aromatic heterocycles. The number of carbonyl (C=O) groups excluding carboxylic acids is 1. The third-order valence-electron chi connectivity index (χ3n) is 3.25. The van der Waals surface area contributed by atoms with Crippen LogP contribution < -0.4 is 5.32 Å². The Bertz CT molecular complexity index is 712. The first kappa shape index (κ1) is 16.0. The highest BCUT2D eigenvalue weighted by atomic mass is 35.5. The molecular formula is C16H15ClN2O3. The van der Waals surface area contributed by atoms with Gasteiger partial charge in [0.1, 0.15) is 0 Å². The average Bonchev–Trinajstić information content (AvgIpc) is 2.49. The van der Waals surface area contributed by atoms with E-state index in [1.54, 1.807) is 12.1 Å². The molecule has 2 aromatic rings. The van der Waals surface area contributed by atoms with E-state index in [1.165, 1.54) is 18.2 Å². The van der Waals surface area contributed by atoms with Crippen molar-refractivity contribution in [3.05, 3.63) is 68.7 Å². The smallest absolute Gasteiger partial charge is 0.271 e. The van der Waals surface area contributed by atoms with Crippen molar-refractivity contribution < 1.29 is 9.72 Å². The highest BCUT2D eigenvalue weighted by Gasteiger charge is 2.12. The molecule has 0 aliphatic rings. The van der Waals surface area contributed by atoms with E-state index >= 15 is 0 Å². The standard InChI is InChI=1S/C16H15ClN2O3/c1-10(2)11-3-5-12(6-4-11)16(20)18-15-8-7-13(19(21)22)9-14(15)17/h3-10H,1-2H3,(H,18,20). The van der Waals surface area contributed by atoms with Crippen molar-refractivity contribution in [1.29, 1.82) is 0 Å². The van der Waals surface area contributed by atoms with Crippen LogP contribution in [0.4, 0.5) is 11.4 Å². The zero-order valence-electron chi connectivity index (χ0n) is 12.2. The molecule has 0 bridgehead atoms. The molecule has 5 nitrogen and oxygen atoms in total. The second-order valence-corrected chi connectivity index (χ2v) is 5.56. The molecular weight excluding hydrogens is 304 g/mol. The highest BCUT2D eigenvalue weighted by Crippen LogP contribution is 2.27. The summed E-state index contributed by atoms with van der Waals surface area (Å²) in [6, 6.07) is 11.2. The van der Waals surface area contributed by atoms with E-state index in [9.17, 15) is 14.9 Å². The molecule has 0 aliphatic carbocycles. The number of nitro benzene ring substituents is 1. The molecule has 0 unspecified atom stereocenters. The molecule has 2 rings (SSSR count). The van der Waals surface area contributed by atoms with Gasteiger partial charge in [-0.05, 0) is 29.7 Å². The number of amides is 1. The molecule has 114 valence electrons. The molecule has 22 heavy (non-hydrogen) atoms. The van der Waals surface area contributed by atoms with Gasteiger partial charge in [0.25, 0.3) is 11.6 Å². The lowest BCUT2D eigenvalue weighted by Gasteiger charge is -2.09. The van der Waals surface area contributed by atoms with Gasteiger partial charge in [-0.3, -0.25) is 14.9 Å². The molecule has 0 saturated heterocycles. The van der Waals surface area contributed by atoms with E-state index in [2.05, 4.69) is 19.2 Å². The Morgan fingerprint density at radius 3 is 2.32 bits per heavy atom. The first-order chi connectivity index (χ1) is 10.4. The van der Waals surface area contributed by atoms with E-state index in [4.69, 9.17) is 11.6 Å². The minimum Gasteiger partial charge on any atom is -0.321 e. The van der Waals surface area contributed by atoms with Crippen LogP contribution in [0.5, 0.6) is 0 Å². The SMILES string of the molecule is CC(C)c1ccc(C(=O)Nc2ccc([N+](=O)[O-])cc2Cl)cc1. The van der Waals surface area contributed by atoms with Crippen LogP contribution in [0.3, 0.4) is 0 Å². The van der Waals surface area contributed by atoms with Crippen molar-refractivity contribution in [2.45, 2.75) is 19.8 Å². The number of rotatable bonds is 4. The Hall–Kier alpha value is -2.40. The largest absolute Gasteiger partial charge is 0.321 e. The molecule has 0 fully saturated rings. The van der Waals surface area contributed by atoms with Crippen molar-refractivity contribution in [3.63, 3.8) is 0 Å². The monoisotopic (exact) mass is 318 g/mol. The first-order valence-corrected chi connectivity index (χ1v) is 7.11. The number of nitrogens with zero attached hydrogens (tertiary/aromatic N) is 1. The zero-order valence-corrected chi connectivity index (χ0v) is 12.9. The van der Waals surface area contributed by atoms with Crippen LogP contribution in [0, 0.1) is 10.1 Å². The Morgan fingerprint density at radius 1 is 1.18 bits per heavy atom. The van der Waals surface area contributed by atoms with Crippen LogP contribution in [-0.2, 0) is 0 Å². The van der Waals surface area contributed by atoms with Crippen LogP contribution in [0.2, 0.25) is 5.02 Å². The quantitative estimate of drug-likeness (QED) is 0.660. The molecule has 0 aliphatic heterocycles. The van der Waals surface area contributed by atoms with Crippen molar-refractivity contribution in [1.82, 2.24) is 0 Å². The number of hydrogen-bond donors (Lipinski definition) is 1. The maximum atomic E-state index is 12.2. The van der Waals surface area contributed by atoms with Gasteiger partial charge < -0.3 is 5.32 Å². The molecule has 0 saturated carbocycles. The predicted octanol–water partition coefficient (Wildman–Crippen LogP) is 4.62. The molecule has 0 atom stereocenters. The lowest BCUT2D eigenvalue weighted by atomic mass is 10.0. The van der Waals surface area contributed by atoms with E-state index < -0.39 is 4.92 Å². The van der Waals surface area contributed by atoms with E-state index in [-0.39, 0.29) is 16.6 Å². The maximum Gasteiger partial charge on any atom is 0.271 e. The van der Waals surface area contributed by atoms with Gasteiger partial charge in [-0.2, -0.15) is 0 Å². The second-order valence-electron chi connectivity index (χ2n) is 5.15. The van der Waals surface area contributed by atoms with Crippen LogP contribution in [0.1, 0.15) is 35.7 Å². The Balaban J connectivity index is 2.16. The van der Waals surface area contributed by atoms with Gasteiger partial charge in [0, 0.05) is 17.7 Å². The number of non-ortho nitro benzene ring substituents is 1. The summed E-state index contributed by atoms with van der Waals surface area (Å²) < 4.78 is 0. The number of nitrogens with one attached hydrogen (secondary N) is 1. The van der Waals surface area contributed by atoms with Crippen LogP contribution >= 0.6 is 11.6 Å². The minimum atomic E-state index is -0.540. The molecule has 1 amide bonds. The molecule has 1 N–H and O–H groups in total. The normalized spacial score (nSPS) is 10.5. The van der Waals surface area contributed by atoms with Crippen LogP contribution in [0.25, 0.3) is 0 Å². The second kappa shape index (κ2) is 6.58. The number of nitro groups is 1. The van der Waals surface area contributed by atoms with E-state index in [1.807, 2.05) is 12.1 Å². The van der Waals surface area contributed by atoms with Crippen LogP contribution in [-0.4, -0.2) is 10.8 Å². The Labute approximate surface area is 133 Å². The maximum absolute atomic E-state index is 12.2. The van der Waals surface area contributed by atoms with Crippen molar-refractivity contribution in [2.24, 2.45) is 0 Å². The minimum absolute atomic E-state index is 0.121. The number of carbonyl (C=O) groups is 1. The summed E-state index contributed by atoms with van der Waals surface area (Å²) in [5, 5.41) is 13.4. The number of anilines is 1. The topological polar surface area (TPSA) is 72.2 Å². The summed E-state index contributed by atoms with van der Waals surface area (Å²) in [6.07, 6.45) is 0. The van der Waals surface area contributed by atoms with Gasteiger partial charge >= 0.3 is 0 Å². The molecule has 2 aromatic carbocycles. The lowest BCUT2D eigenvalue weighted by molar-refractivity contribution is -0.384. The fourth-order valence-electron chi connectivity index (χ4n) is 1.93. The lowest BCUT2D eigenvalue weighted by Crippen LogP contribution is -2.12. The van der Waals surface area contributed by atoms with Gasteiger partial charge in [0.05, 0.1) is 15.6 Å². The van der Waals surface area contributed by atoms with E-state index in [0.29, 0.717) is 17.2 Å². The van der Waals surface area contributed by atoms with Crippen molar-refractivity contribution >= 4 is 28.9 Å². The molecule has 6 heteroatoms. The summed E-state index contributed by atoms with van der Waals surface area (Å²) in [4.78, 5) is 22.3.